The third-order valence-corrected chi connectivity index (χ3v) is 5.54. The van der Waals surface area contributed by atoms with Gasteiger partial charge in [0.05, 0.1) is 0 Å². The van der Waals surface area contributed by atoms with Crippen LogP contribution in [0.2, 0.25) is 0 Å². The highest BCUT2D eigenvalue weighted by molar-refractivity contribution is 5.75. The van der Waals surface area contributed by atoms with E-state index in [1.807, 2.05) is 17.0 Å². The fourth-order valence-electron chi connectivity index (χ4n) is 3.91. The average Bonchev–Trinajstić information content (AvgIpc) is 2.68. The van der Waals surface area contributed by atoms with Crippen LogP contribution in [-0.2, 0) is 4.79 Å². The maximum absolute atomic E-state index is 12.5. The van der Waals surface area contributed by atoms with Crippen LogP contribution in [0.3, 0.4) is 0 Å². The van der Waals surface area contributed by atoms with E-state index in [1.165, 1.54) is 0 Å². The Morgan fingerprint density at radius 2 is 1.73 bits per heavy atom. The first-order chi connectivity index (χ1) is 12.6. The Kier molecular flexibility index (Phi) is 6.30. The number of urea groups is 1. The van der Waals surface area contributed by atoms with E-state index in [9.17, 15) is 9.59 Å². The number of aromatic nitrogens is 1. The minimum absolute atomic E-state index is 0.0355. The molecule has 1 aliphatic heterocycles. The summed E-state index contributed by atoms with van der Waals surface area (Å²) in [6.45, 7) is 3.11. The van der Waals surface area contributed by atoms with Crippen molar-refractivity contribution in [2.75, 3.05) is 31.1 Å². The molecular weight excluding hydrogens is 332 g/mol. The van der Waals surface area contributed by atoms with E-state index in [0.29, 0.717) is 5.92 Å². The highest BCUT2D eigenvalue weighted by atomic mass is 16.4. The number of carbonyl (C=O) groups excluding carboxylic acids is 1. The number of rotatable bonds is 5. The zero-order valence-corrected chi connectivity index (χ0v) is 15.1. The van der Waals surface area contributed by atoms with Crippen molar-refractivity contribution in [3.63, 3.8) is 0 Å². The quantitative estimate of drug-likeness (QED) is 0.842. The monoisotopic (exact) mass is 360 g/mol. The van der Waals surface area contributed by atoms with E-state index in [0.717, 1.165) is 64.0 Å². The second-order valence-corrected chi connectivity index (χ2v) is 7.28. The molecule has 7 heteroatoms. The highest BCUT2D eigenvalue weighted by Crippen LogP contribution is 2.28. The molecule has 0 bridgehead atoms. The molecule has 2 N–H and O–H groups in total. The van der Waals surface area contributed by atoms with Gasteiger partial charge < -0.3 is 20.2 Å². The van der Waals surface area contributed by atoms with Crippen molar-refractivity contribution < 1.29 is 14.7 Å². The van der Waals surface area contributed by atoms with Crippen LogP contribution in [0.5, 0.6) is 0 Å². The maximum Gasteiger partial charge on any atom is 0.317 e. The fraction of sp³-hybridized carbons (Fsp3) is 0.632. The Morgan fingerprint density at radius 1 is 1.08 bits per heavy atom. The lowest BCUT2D eigenvalue weighted by Gasteiger charge is -2.37. The van der Waals surface area contributed by atoms with E-state index in [1.54, 1.807) is 12.4 Å². The Labute approximate surface area is 154 Å². The lowest BCUT2D eigenvalue weighted by atomic mass is 9.83. The minimum atomic E-state index is -0.716. The number of hydrogen-bond acceptors (Lipinski definition) is 4. The van der Waals surface area contributed by atoms with Crippen LogP contribution in [0.4, 0.5) is 10.5 Å². The zero-order valence-electron chi connectivity index (χ0n) is 15.1. The van der Waals surface area contributed by atoms with Crippen LogP contribution in [0, 0.1) is 5.92 Å². The zero-order chi connectivity index (χ0) is 18.4. The number of pyridine rings is 1. The van der Waals surface area contributed by atoms with E-state index < -0.39 is 5.97 Å². The second kappa shape index (κ2) is 8.87. The molecule has 0 spiro atoms. The molecule has 0 unspecified atom stereocenters. The van der Waals surface area contributed by atoms with Gasteiger partial charge in [-0.1, -0.05) is 0 Å². The summed E-state index contributed by atoms with van der Waals surface area (Å²) in [5, 5.41) is 12.0. The SMILES string of the molecule is O=C(O)CC[C@H]1CC[C@H](NC(=O)N2CCN(c3ccncc3)CC2)CC1. The van der Waals surface area contributed by atoms with E-state index >= 15 is 0 Å². The maximum atomic E-state index is 12.5. The molecule has 7 nitrogen and oxygen atoms in total. The summed E-state index contributed by atoms with van der Waals surface area (Å²) in [6.07, 6.45) is 8.51. The molecule has 1 saturated carbocycles. The lowest BCUT2D eigenvalue weighted by molar-refractivity contribution is -0.137. The fourth-order valence-corrected chi connectivity index (χ4v) is 3.91. The van der Waals surface area contributed by atoms with Gasteiger partial charge in [-0.25, -0.2) is 4.79 Å². The predicted molar refractivity (Wildman–Crippen MR) is 99.2 cm³/mol. The molecule has 2 fully saturated rings. The summed E-state index contributed by atoms with van der Waals surface area (Å²) in [5.74, 6) is -0.227. The van der Waals surface area contributed by atoms with Gasteiger partial charge in [-0.15, -0.1) is 0 Å². The van der Waals surface area contributed by atoms with Crippen molar-refractivity contribution in [1.29, 1.82) is 0 Å². The summed E-state index contributed by atoms with van der Waals surface area (Å²) in [6, 6.07) is 4.26. The molecule has 0 aromatic carbocycles. The van der Waals surface area contributed by atoms with Gasteiger partial charge in [0.1, 0.15) is 0 Å². The first-order valence-corrected chi connectivity index (χ1v) is 9.54. The Balaban J connectivity index is 1.38. The average molecular weight is 360 g/mol. The third-order valence-electron chi connectivity index (χ3n) is 5.54. The van der Waals surface area contributed by atoms with Crippen LogP contribution in [0.1, 0.15) is 38.5 Å². The van der Waals surface area contributed by atoms with Crippen molar-refractivity contribution in [1.82, 2.24) is 15.2 Å². The van der Waals surface area contributed by atoms with Crippen LogP contribution >= 0.6 is 0 Å². The molecule has 1 aromatic heterocycles. The molecule has 0 atom stereocenters. The topological polar surface area (TPSA) is 85.8 Å². The van der Waals surface area contributed by atoms with Crippen molar-refractivity contribution in [3.8, 4) is 0 Å². The number of amides is 2. The van der Waals surface area contributed by atoms with Gasteiger partial charge in [-0.2, -0.15) is 0 Å². The van der Waals surface area contributed by atoms with Crippen LogP contribution in [0.15, 0.2) is 24.5 Å². The number of hydrogen-bond donors (Lipinski definition) is 2. The molecule has 1 saturated heterocycles. The van der Waals surface area contributed by atoms with Crippen molar-refractivity contribution in [3.05, 3.63) is 24.5 Å². The number of carbonyl (C=O) groups is 2. The number of aliphatic carboxylic acids is 1. The smallest absolute Gasteiger partial charge is 0.317 e. The number of carboxylic acids is 1. The predicted octanol–water partition coefficient (Wildman–Crippen LogP) is 2.34. The molecule has 26 heavy (non-hydrogen) atoms. The van der Waals surface area contributed by atoms with Gasteiger partial charge >= 0.3 is 12.0 Å². The number of nitrogens with zero attached hydrogens (tertiary/aromatic N) is 3. The van der Waals surface area contributed by atoms with Gasteiger partial charge in [0.15, 0.2) is 0 Å². The molecule has 1 aliphatic carbocycles. The summed E-state index contributed by atoms with van der Waals surface area (Å²) in [4.78, 5) is 31.4. The van der Waals surface area contributed by atoms with Crippen molar-refractivity contribution >= 4 is 17.7 Å². The van der Waals surface area contributed by atoms with E-state index in [-0.39, 0.29) is 18.5 Å². The molecule has 1 aromatic rings. The Bertz CT molecular complexity index is 594. The molecule has 142 valence electrons. The molecule has 2 heterocycles. The first-order valence-electron chi connectivity index (χ1n) is 9.54. The standard InChI is InChI=1S/C19H28N4O3/c24-18(25)6-3-15-1-4-16(5-2-15)21-19(26)23-13-11-22(12-14-23)17-7-9-20-10-8-17/h7-10,15-16H,1-6,11-14H2,(H,21,26)(H,24,25)/t15-,16-. The van der Waals surface area contributed by atoms with Crippen LogP contribution in [-0.4, -0.2) is 59.2 Å². The van der Waals surface area contributed by atoms with E-state index in [4.69, 9.17) is 5.11 Å². The van der Waals surface area contributed by atoms with Gasteiger partial charge in [0.25, 0.3) is 0 Å². The third kappa shape index (κ3) is 5.09. The van der Waals surface area contributed by atoms with Gasteiger partial charge in [0.2, 0.25) is 0 Å². The molecule has 3 rings (SSSR count). The highest BCUT2D eigenvalue weighted by Gasteiger charge is 2.26. The molecule has 2 amide bonds. The summed E-state index contributed by atoms with van der Waals surface area (Å²) in [5.41, 5.74) is 1.15. The molecule has 2 aliphatic rings. The largest absolute Gasteiger partial charge is 0.481 e. The lowest BCUT2D eigenvalue weighted by Crippen LogP contribution is -2.53. The Hall–Kier alpha value is -2.31. The summed E-state index contributed by atoms with van der Waals surface area (Å²) in [7, 11) is 0. The van der Waals surface area contributed by atoms with Crippen LogP contribution in [0.25, 0.3) is 0 Å². The summed E-state index contributed by atoms with van der Waals surface area (Å²) < 4.78 is 0. The summed E-state index contributed by atoms with van der Waals surface area (Å²) >= 11 is 0. The van der Waals surface area contributed by atoms with Gasteiger partial charge in [-0.05, 0) is 50.2 Å². The molecule has 0 radical (unpaired) electrons. The second-order valence-electron chi connectivity index (χ2n) is 7.28. The number of nitrogens with one attached hydrogen (secondary N) is 1. The van der Waals surface area contributed by atoms with Gasteiger partial charge in [-0.3, -0.25) is 9.78 Å². The van der Waals surface area contributed by atoms with Crippen LogP contribution < -0.4 is 10.2 Å². The first kappa shape index (κ1) is 18.5. The van der Waals surface area contributed by atoms with Gasteiger partial charge in [0, 0.05) is 56.7 Å². The minimum Gasteiger partial charge on any atom is -0.481 e. The van der Waals surface area contributed by atoms with E-state index in [2.05, 4.69) is 15.2 Å². The Morgan fingerprint density at radius 3 is 2.35 bits per heavy atom. The number of carboxylic acid groups (broad SMARTS) is 1. The number of anilines is 1. The van der Waals surface area contributed by atoms with Crippen molar-refractivity contribution in [2.45, 2.75) is 44.6 Å². The number of piperazine rings is 1. The normalized spacial score (nSPS) is 23.5. The van der Waals surface area contributed by atoms with Crippen molar-refractivity contribution in [2.24, 2.45) is 5.92 Å². The molecular formula is C19H28N4O3.